The second kappa shape index (κ2) is 13.2. The first-order chi connectivity index (χ1) is 11.2. The molecule has 0 saturated carbocycles. The first kappa shape index (κ1) is 27.2. The van der Waals surface area contributed by atoms with E-state index in [4.69, 9.17) is 5.73 Å². The van der Waals surface area contributed by atoms with Crippen molar-refractivity contribution in [1.29, 1.82) is 0 Å². The number of hydrogen-bond donors (Lipinski definition) is 4. The van der Waals surface area contributed by atoms with Crippen molar-refractivity contribution in [3.8, 4) is 0 Å². The van der Waals surface area contributed by atoms with Crippen molar-refractivity contribution in [2.75, 3.05) is 13.1 Å². The Kier molecular flexibility index (Phi) is 13.8. The molecule has 0 aliphatic rings. The fraction of sp³-hybridized carbons (Fsp3) is 0.588. The number of amides is 1. The molecule has 3 atom stereocenters. The topological polar surface area (TPSA) is 87.4 Å². The lowest BCUT2D eigenvalue weighted by molar-refractivity contribution is -0.123. The van der Waals surface area contributed by atoms with Crippen LogP contribution >= 0.6 is 24.8 Å². The zero-order valence-corrected chi connectivity index (χ0v) is 16.8. The SMILES string of the molecule is CC(C)CNC(=O)[C@H](C)NC[C@@H](O)[C@@H](N)Cc1cc(F)cc(F)c1.Cl.Cl. The first-order valence-corrected chi connectivity index (χ1v) is 8.08. The number of rotatable bonds is 9. The number of hydrogen-bond acceptors (Lipinski definition) is 4. The number of halogens is 4. The summed E-state index contributed by atoms with van der Waals surface area (Å²) >= 11 is 0. The van der Waals surface area contributed by atoms with Crippen LogP contribution in [-0.2, 0) is 11.2 Å². The number of aliphatic hydroxyl groups is 1. The molecule has 5 N–H and O–H groups in total. The molecule has 0 radical (unpaired) electrons. The van der Waals surface area contributed by atoms with Crippen molar-refractivity contribution < 1.29 is 18.7 Å². The van der Waals surface area contributed by atoms with Crippen LogP contribution in [0, 0.1) is 17.6 Å². The molecule has 0 aliphatic heterocycles. The van der Waals surface area contributed by atoms with Crippen LogP contribution in [0.2, 0.25) is 0 Å². The summed E-state index contributed by atoms with van der Waals surface area (Å²) in [6.07, 6.45) is -0.817. The van der Waals surface area contributed by atoms with Gasteiger partial charge in [-0.2, -0.15) is 0 Å². The molecule has 0 saturated heterocycles. The zero-order valence-electron chi connectivity index (χ0n) is 15.2. The summed E-state index contributed by atoms with van der Waals surface area (Å²) in [4.78, 5) is 11.8. The minimum atomic E-state index is -0.948. The summed E-state index contributed by atoms with van der Waals surface area (Å²) in [5.74, 6) is -1.16. The number of carbonyl (C=O) groups excluding carboxylic acids is 1. The fourth-order valence-electron chi connectivity index (χ4n) is 2.14. The second-order valence-corrected chi connectivity index (χ2v) is 6.48. The van der Waals surface area contributed by atoms with Crippen molar-refractivity contribution in [3.05, 3.63) is 35.4 Å². The van der Waals surface area contributed by atoms with Gasteiger partial charge in [-0.3, -0.25) is 4.79 Å². The summed E-state index contributed by atoms with van der Waals surface area (Å²) < 4.78 is 26.3. The van der Waals surface area contributed by atoms with E-state index in [1.54, 1.807) is 6.92 Å². The van der Waals surface area contributed by atoms with Gasteiger partial charge in [0.25, 0.3) is 0 Å². The normalized spacial score (nSPS) is 14.0. The van der Waals surface area contributed by atoms with Gasteiger partial charge in [0, 0.05) is 25.2 Å². The van der Waals surface area contributed by atoms with Crippen molar-refractivity contribution in [1.82, 2.24) is 10.6 Å². The number of carbonyl (C=O) groups is 1. The number of aliphatic hydroxyl groups excluding tert-OH is 1. The monoisotopic (exact) mass is 415 g/mol. The van der Waals surface area contributed by atoms with Crippen molar-refractivity contribution in [2.45, 2.75) is 45.4 Å². The molecule has 152 valence electrons. The van der Waals surface area contributed by atoms with E-state index in [9.17, 15) is 18.7 Å². The van der Waals surface area contributed by atoms with Gasteiger partial charge in [-0.1, -0.05) is 13.8 Å². The maximum Gasteiger partial charge on any atom is 0.236 e. The first-order valence-electron chi connectivity index (χ1n) is 8.08. The molecule has 9 heteroatoms. The van der Waals surface area contributed by atoms with Crippen molar-refractivity contribution in [2.24, 2.45) is 11.7 Å². The zero-order chi connectivity index (χ0) is 18.3. The molecule has 1 amide bonds. The van der Waals surface area contributed by atoms with E-state index in [1.807, 2.05) is 13.8 Å². The van der Waals surface area contributed by atoms with Crippen LogP contribution in [0.15, 0.2) is 18.2 Å². The smallest absolute Gasteiger partial charge is 0.236 e. The Morgan fingerprint density at radius 1 is 1.12 bits per heavy atom. The predicted molar refractivity (Wildman–Crippen MR) is 104 cm³/mol. The van der Waals surface area contributed by atoms with Crippen LogP contribution in [0.4, 0.5) is 8.78 Å². The van der Waals surface area contributed by atoms with Gasteiger partial charge >= 0.3 is 0 Å². The van der Waals surface area contributed by atoms with E-state index < -0.39 is 29.8 Å². The Balaban J connectivity index is 0. The van der Waals surface area contributed by atoms with E-state index in [0.29, 0.717) is 18.0 Å². The van der Waals surface area contributed by atoms with Gasteiger partial charge in [-0.05, 0) is 37.0 Å². The highest BCUT2D eigenvalue weighted by atomic mass is 35.5. The van der Waals surface area contributed by atoms with Crippen LogP contribution in [0.25, 0.3) is 0 Å². The quantitative estimate of drug-likeness (QED) is 0.495. The highest BCUT2D eigenvalue weighted by Gasteiger charge is 2.19. The summed E-state index contributed by atoms with van der Waals surface area (Å²) in [5, 5.41) is 15.8. The van der Waals surface area contributed by atoms with E-state index in [0.717, 1.165) is 6.07 Å². The third-order valence-electron chi connectivity index (χ3n) is 3.60. The van der Waals surface area contributed by atoms with Crippen LogP contribution < -0.4 is 16.4 Å². The number of benzene rings is 1. The summed E-state index contributed by atoms with van der Waals surface area (Å²) in [6, 6.07) is 1.97. The van der Waals surface area contributed by atoms with Crippen LogP contribution in [0.5, 0.6) is 0 Å². The Morgan fingerprint density at radius 2 is 1.65 bits per heavy atom. The van der Waals surface area contributed by atoms with E-state index in [1.165, 1.54) is 12.1 Å². The van der Waals surface area contributed by atoms with E-state index in [-0.39, 0.29) is 43.7 Å². The number of nitrogens with one attached hydrogen (secondary N) is 2. The summed E-state index contributed by atoms with van der Waals surface area (Å²) in [6.45, 7) is 6.37. The molecule has 0 heterocycles. The third-order valence-corrected chi connectivity index (χ3v) is 3.60. The molecule has 0 aliphatic carbocycles. The average Bonchev–Trinajstić information content (AvgIpc) is 2.48. The van der Waals surface area contributed by atoms with Gasteiger partial charge < -0.3 is 21.5 Å². The highest BCUT2D eigenvalue weighted by molar-refractivity contribution is 5.85. The second-order valence-electron chi connectivity index (χ2n) is 6.48. The lowest BCUT2D eigenvalue weighted by atomic mass is 10.0. The lowest BCUT2D eigenvalue weighted by Crippen LogP contribution is -2.49. The van der Waals surface area contributed by atoms with Gasteiger partial charge in [-0.25, -0.2) is 8.78 Å². The Hall–Kier alpha value is -0.990. The molecule has 1 aromatic carbocycles. The number of nitrogens with two attached hydrogens (primary N) is 1. The lowest BCUT2D eigenvalue weighted by Gasteiger charge is -2.22. The molecule has 1 aromatic rings. The largest absolute Gasteiger partial charge is 0.390 e. The summed E-state index contributed by atoms with van der Waals surface area (Å²) in [7, 11) is 0. The van der Waals surface area contributed by atoms with Crippen LogP contribution in [-0.4, -0.2) is 42.3 Å². The van der Waals surface area contributed by atoms with Gasteiger partial charge in [0.1, 0.15) is 11.6 Å². The van der Waals surface area contributed by atoms with Crippen molar-refractivity contribution >= 4 is 30.7 Å². The van der Waals surface area contributed by atoms with Gasteiger partial charge in [0.05, 0.1) is 12.1 Å². The molecule has 0 spiro atoms. The van der Waals surface area contributed by atoms with E-state index >= 15 is 0 Å². The molecule has 0 fully saturated rings. The third kappa shape index (κ3) is 10.2. The maximum absolute atomic E-state index is 13.2. The fourth-order valence-corrected chi connectivity index (χ4v) is 2.14. The maximum atomic E-state index is 13.2. The molecule has 0 bridgehead atoms. The predicted octanol–water partition coefficient (Wildman–Crippen LogP) is 1.79. The minimum absolute atomic E-state index is 0. The Morgan fingerprint density at radius 3 is 2.15 bits per heavy atom. The molecular formula is C17H29Cl2F2N3O2. The molecule has 5 nitrogen and oxygen atoms in total. The van der Waals surface area contributed by atoms with Crippen LogP contribution in [0.3, 0.4) is 0 Å². The molecule has 0 aromatic heterocycles. The van der Waals surface area contributed by atoms with Crippen molar-refractivity contribution in [3.63, 3.8) is 0 Å². The average molecular weight is 416 g/mol. The molecular weight excluding hydrogens is 387 g/mol. The standard InChI is InChI=1S/C17H27F2N3O2.2ClH/c1-10(2)8-22-17(24)11(3)21-9-16(23)15(20)6-12-4-13(18)7-14(19)5-12;;/h4-5,7,10-11,15-16,21,23H,6,8-9,20H2,1-3H3,(H,22,24);2*1H/t11-,15-,16+;;/m0../s1. The molecule has 1 rings (SSSR count). The van der Waals surface area contributed by atoms with E-state index in [2.05, 4.69) is 10.6 Å². The minimum Gasteiger partial charge on any atom is -0.390 e. The molecule has 26 heavy (non-hydrogen) atoms. The Labute approximate surface area is 165 Å². The highest BCUT2D eigenvalue weighted by Crippen LogP contribution is 2.10. The van der Waals surface area contributed by atoms with Gasteiger partial charge in [0.15, 0.2) is 0 Å². The van der Waals surface area contributed by atoms with Crippen LogP contribution in [0.1, 0.15) is 26.3 Å². The van der Waals surface area contributed by atoms with Gasteiger partial charge in [-0.15, -0.1) is 24.8 Å². The Bertz CT molecular complexity index is 530. The molecule has 0 unspecified atom stereocenters. The van der Waals surface area contributed by atoms with Gasteiger partial charge in [0.2, 0.25) is 5.91 Å². The summed E-state index contributed by atoms with van der Waals surface area (Å²) in [5.41, 5.74) is 6.25.